The molecular weight excluding hydrogens is 356 g/mol. The Balaban J connectivity index is 1.74. The lowest BCUT2D eigenvalue weighted by atomic mass is 9.97. The maximum absolute atomic E-state index is 12.9. The first-order valence-electron chi connectivity index (χ1n) is 9.69. The first-order valence-corrected chi connectivity index (χ1v) is 9.69. The smallest absolute Gasteiger partial charge is 0.263 e. The van der Waals surface area contributed by atoms with Gasteiger partial charge in [0.25, 0.3) is 17.4 Å². The molecule has 1 aromatic heterocycles. The molecule has 28 heavy (non-hydrogen) atoms. The van der Waals surface area contributed by atoms with E-state index in [2.05, 4.69) is 16.0 Å². The number of carbonyl (C=O) groups excluding carboxylic acids is 2. The first kappa shape index (κ1) is 18.3. The molecule has 146 valence electrons. The molecular formula is C21H24N4O3. The topological polar surface area (TPSA) is 92.2 Å². The van der Waals surface area contributed by atoms with Gasteiger partial charge in [0.2, 0.25) is 0 Å². The van der Waals surface area contributed by atoms with Crippen molar-refractivity contribution in [2.24, 2.45) is 0 Å². The fourth-order valence-electron chi connectivity index (χ4n) is 3.59. The molecule has 1 saturated carbocycles. The summed E-state index contributed by atoms with van der Waals surface area (Å²) in [6.45, 7) is 1.26. The average molecular weight is 380 g/mol. The first-order chi connectivity index (χ1) is 13.6. The van der Waals surface area contributed by atoms with Crippen molar-refractivity contribution in [1.82, 2.24) is 15.2 Å². The van der Waals surface area contributed by atoms with Crippen molar-refractivity contribution >= 4 is 17.5 Å². The van der Waals surface area contributed by atoms with E-state index in [1.54, 1.807) is 6.20 Å². The van der Waals surface area contributed by atoms with Crippen LogP contribution >= 0.6 is 0 Å². The molecule has 0 saturated heterocycles. The highest BCUT2D eigenvalue weighted by molar-refractivity contribution is 5.99. The number of nitrogens with one attached hydrogen (secondary N) is 3. The van der Waals surface area contributed by atoms with Gasteiger partial charge < -0.3 is 20.5 Å². The van der Waals surface area contributed by atoms with Crippen molar-refractivity contribution in [2.75, 3.05) is 18.9 Å². The summed E-state index contributed by atoms with van der Waals surface area (Å²) in [7, 11) is 1.47. The quantitative estimate of drug-likeness (QED) is 0.733. The number of hydrogen-bond acceptors (Lipinski definition) is 4. The highest BCUT2D eigenvalue weighted by Gasteiger charge is 2.25. The molecule has 7 heteroatoms. The van der Waals surface area contributed by atoms with Crippen LogP contribution in [0.5, 0.6) is 0 Å². The number of fused-ring (bicyclic) bond motifs is 1. The Labute approximate surface area is 163 Å². The number of benzene rings is 1. The largest absolute Gasteiger partial charge is 0.385 e. The van der Waals surface area contributed by atoms with Crippen molar-refractivity contribution < 1.29 is 9.59 Å². The molecule has 1 aliphatic carbocycles. The van der Waals surface area contributed by atoms with Crippen LogP contribution in [0.3, 0.4) is 0 Å². The molecule has 1 aromatic carbocycles. The SMILES string of the molecule is CNC(=O)c1cc(C(=O)NC2CC2)cn(Cc2cccc3c2CCCN3)c1=O. The third-order valence-corrected chi connectivity index (χ3v) is 5.27. The fraction of sp³-hybridized carbons (Fsp3) is 0.381. The maximum Gasteiger partial charge on any atom is 0.263 e. The number of hydrogen-bond donors (Lipinski definition) is 3. The lowest BCUT2D eigenvalue weighted by Crippen LogP contribution is -2.34. The van der Waals surface area contributed by atoms with Crippen LogP contribution in [0.4, 0.5) is 5.69 Å². The monoisotopic (exact) mass is 380 g/mol. The molecule has 0 radical (unpaired) electrons. The van der Waals surface area contributed by atoms with Gasteiger partial charge in [0.1, 0.15) is 5.56 Å². The van der Waals surface area contributed by atoms with E-state index in [1.165, 1.54) is 23.2 Å². The molecule has 4 rings (SSSR count). The Bertz CT molecular complexity index is 992. The average Bonchev–Trinajstić information content (AvgIpc) is 3.53. The molecule has 2 aliphatic rings. The number of carbonyl (C=O) groups is 2. The van der Waals surface area contributed by atoms with Gasteiger partial charge in [-0.3, -0.25) is 14.4 Å². The number of rotatable bonds is 5. The Morgan fingerprint density at radius 2 is 2.07 bits per heavy atom. The predicted molar refractivity (Wildman–Crippen MR) is 107 cm³/mol. The molecule has 0 bridgehead atoms. The molecule has 3 N–H and O–H groups in total. The van der Waals surface area contributed by atoms with Crippen LogP contribution < -0.4 is 21.5 Å². The van der Waals surface area contributed by atoms with Gasteiger partial charge >= 0.3 is 0 Å². The van der Waals surface area contributed by atoms with Gasteiger partial charge in [-0.05, 0) is 48.9 Å². The van der Waals surface area contributed by atoms with E-state index in [1.807, 2.05) is 18.2 Å². The van der Waals surface area contributed by atoms with Crippen LogP contribution in [0.15, 0.2) is 35.3 Å². The number of amides is 2. The van der Waals surface area contributed by atoms with E-state index in [4.69, 9.17) is 0 Å². The van der Waals surface area contributed by atoms with Crippen LogP contribution in [0, 0.1) is 0 Å². The Kier molecular flexibility index (Phi) is 4.90. The zero-order chi connectivity index (χ0) is 19.7. The summed E-state index contributed by atoms with van der Waals surface area (Å²) in [4.78, 5) is 37.7. The number of anilines is 1. The molecule has 7 nitrogen and oxygen atoms in total. The van der Waals surface area contributed by atoms with Crippen LogP contribution in [0.25, 0.3) is 0 Å². The lowest BCUT2D eigenvalue weighted by molar-refractivity contribution is 0.0950. The summed E-state index contributed by atoms with van der Waals surface area (Å²) in [6, 6.07) is 7.58. The van der Waals surface area contributed by atoms with Crippen molar-refractivity contribution in [1.29, 1.82) is 0 Å². The second-order valence-corrected chi connectivity index (χ2v) is 7.38. The normalized spacial score (nSPS) is 15.3. The summed E-state index contributed by atoms with van der Waals surface area (Å²) in [5, 5.41) is 8.79. The lowest BCUT2D eigenvalue weighted by Gasteiger charge is -2.21. The van der Waals surface area contributed by atoms with Gasteiger partial charge in [-0.2, -0.15) is 0 Å². The molecule has 1 aliphatic heterocycles. The second-order valence-electron chi connectivity index (χ2n) is 7.38. The minimum absolute atomic E-state index is 0.0196. The van der Waals surface area contributed by atoms with Crippen molar-refractivity contribution in [3.63, 3.8) is 0 Å². The molecule has 2 aromatic rings. The van der Waals surface area contributed by atoms with E-state index in [0.29, 0.717) is 12.1 Å². The third-order valence-electron chi connectivity index (χ3n) is 5.27. The molecule has 2 amide bonds. The van der Waals surface area contributed by atoms with E-state index in [-0.39, 0.29) is 17.5 Å². The minimum atomic E-state index is -0.489. The van der Waals surface area contributed by atoms with Crippen molar-refractivity contribution in [3.05, 3.63) is 63.1 Å². The van der Waals surface area contributed by atoms with Crippen LogP contribution in [0.1, 0.15) is 51.1 Å². The number of pyridine rings is 1. The van der Waals surface area contributed by atoms with Crippen LogP contribution in [-0.2, 0) is 13.0 Å². The summed E-state index contributed by atoms with van der Waals surface area (Å²) < 4.78 is 1.47. The van der Waals surface area contributed by atoms with Gasteiger partial charge in [0.05, 0.1) is 12.1 Å². The molecule has 2 heterocycles. The van der Waals surface area contributed by atoms with E-state index >= 15 is 0 Å². The second kappa shape index (κ2) is 7.50. The summed E-state index contributed by atoms with van der Waals surface area (Å²) >= 11 is 0. The highest BCUT2D eigenvalue weighted by Crippen LogP contribution is 2.26. The molecule has 0 spiro atoms. The molecule has 1 fully saturated rings. The van der Waals surface area contributed by atoms with Crippen LogP contribution in [-0.4, -0.2) is 36.0 Å². The fourth-order valence-corrected chi connectivity index (χ4v) is 3.59. The zero-order valence-electron chi connectivity index (χ0n) is 15.9. The maximum atomic E-state index is 12.9. The number of aromatic nitrogens is 1. The summed E-state index contributed by atoms with van der Waals surface area (Å²) in [6.07, 6.45) is 5.47. The summed E-state index contributed by atoms with van der Waals surface area (Å²) in [5.74, 6) is -0.741. The van der Waals surface area contributed by atoms with Gasteiger partial charge in [-0.25, -0.2) is 0 Å². The van der Waals surface area contributed by atoms with Gasteiger partial charge in [-0.1, -0.05) is 12.1 Å². The Hall–Kier alpha value is -3.09. The van der Waals surface area contributed by atoms with Crippen LogP contribution in [0.2, 0.25) is 0 Å². The van der Waals surface area contributed by atoms with E-state index in [9.17, 15) is 14.4 Å². The summed E-state index contributed by atoms with van der Waals surface area (Å²) in [5.41, 5.74) is 3.21. The van der Waals surface area contributed by atoms with Gasteiger partial charge in [0, 0.05) is 31.5 Å². The Morgan fingerprint density at radius 3 is 2.82 bits per heavy atom. The van der Waals surface area contributed by atoms with Crippen molar-refractivity contribution in [2.45, 2.75) is 38.3 Å². The zero-order valence-corrected chi connectivity index (χ0v) is 15.9. The van der Waals surface area contributed by atoms with E-state index < -0.39 is 11.5 Å². The Morgan fingerprint density at radius 1 is 1.25 bits per heavy atom. The van der Waals surface area contributed by atoms with Gasteiger partial charge in [-0.15, -0.1) is 0 Å². The molecule has 0 unspecified atom stereocenters. The predicted octanol–water partition coefficient (Wildman–Crippen LogP) is 1.51. The standard InChI is InChI=1S/C21H24N4O3/c1-22-20(27)17-10-14(19(26)24-15-7-8-15)12-25(21(17)28)11-13-4-2-6-18-16(13)5-3-9-23-18/h2,4,6,10,12,15,23H,3,5,7-9,11H2,1H3,(H,22,27)(H,24,26). The third kappa shape index (κ3) is 3.65. The minimum Gasteiger partial charge on any atom is -0.385 e. The number of nitrogens with zero attached hydrogens (tertiary/aromatic N) is 1. The highest BCUT2D eigenvalue weighted by atomic mass is 16.2. The van der Waals surface area contributed by atoms with E-state index in [0.717, 1.165) is 43.5 Å². The van der Waals surface area contributed by atoms with Crippen molar-refractivity contribution in [3.8, 4) is 0 Å². The molecule has 0 atom stereocenters. The van der Waals surface area contributed by atoms with Gasteiger partial charge in [0.15, 0.2) is 0 Å².